The zero-order valence-corrected chi connectivity index (χ0v) is 11.6. The molecule has 0 saturated heterocycles. The largest absolute Gasteiger partial charge is 0.387 e. The Bertz CT molecular complexity index is 530. The maximum atomic E-state index is 13.1. The van der Waals surface area contributed by atoms with Gasteiger partial charge in [-0.3, -0.25) is 0 Å². The quantitative estimate of drug-likeness (QED) is 0.846. The first-order chi connectivity index (χ1) is 9.66. The van der Waals surface area contributed by atoms with Crippen LogP contribution in [0.2, 0.25) is 0 Å². The third-order valence-electron chi connectivity index (χ3n) is 3.39. The van der Waals surface area contributed by atoms with Crippen molar-refractivity contribution in [2.24, 2.45) is 0 Å². The summed E-state index contributed by atoms with van der Waals surface area (Å²) in [4.78, 5) is 0. The summed E-state index contributed by atoms with van der Waals surface area (Å²) in [5.41, 5.74) is 1.87. The molecular formula is C17H20FNO. The Hall–Kier alpha value is -1.71. The first-order valence-corrected chi connectivity index (χ1v) is 6.86. The number of rotatable bonds is 6. The van der Waals surface area contributed by atoms with Crippen molar-refractivity contribution >= 4 is 0 Å². The van der Waals surface area contributed by atoms with Crippen LogP contribution in [0.4, 0.5) is 4.39 Å². The number of aliphatic hydroxyl groups is 1. The molecule has 0 aromatic heterocycles. The summed E-state index contributed by atoms with van der Waals surface area (Å²) in [5, 5.41) is 13.2. The third kappa shape index (κ3) is 4.15. The first kappa shape index (κ1) is 14.7. The maximum Gasteiger partial charge on any atom is 0.123 e. The van der Waals surface area contributed by atoms with E-state index >= 15 is 0 Å². The van der Waals surface area contributed by atoms with Gasteiger partial charge in [0, 0.05) is 13.1 Å². The van der Waals surface area contributed by atoms with Gasteiger partial charge >= 0.3 is 0 Å². The van der Waals surface area contributed by atoms with Gasteiger partial charge < -0.3 is 10.4 Å². The Balaban J connectivity index is 1.81. The van der Waals surface area contributed by atoms with Crippen molar-refractivity contribution < 1.29 is 9.50 Å². The highest BCUT2D eigenvalue weighted by molar-refractivity contribution is 5.20. The van der Waals surface area contributed by atoms with Crippen LogP contribution in [0.3, 0.4) is 0 Å². The van der Waals surface area contributed by atoms with E-state index in [1.54, 1.807) is 12.1 Å². The molecule has 0 spiro atoms. The van der Waals surface area contributed by atoms with Crippen LogP contribution in [-0.4, -0.2) is 18.2 Å². The van der Waals surface area contributed by atoms with Crippen molar-refractivity contribution in [3.05, 3.63) is 71.5 Å². The monoisotopic (exact) mass is 273 g/mol. The van der Waals surface area contributed by atoms with E-state index in [1.807, 2.05) is 18.2 Å². The summed E-state index contributed by atoms with van der Waals surface area (Å²) in [6, 6.07) is 16.3. The van der Waals surface area contributed by atoms with Crippen LogP contribution in [0, 0.1) is 5.82 Å². The van der Waals surface area contributed by atoms with Gasteiger partial charge in [0.2, 0.25) is 0 Å². The molecule has 3 heteroatoms. The lowest BCUT2D eigenvalue weighted by Gasteiger charge is -2.16. The van der Waals surface area contributed by atoms with Crippen molar-refractivity contribution in [3.63, 3.8) is 0 Å². The van der Waals surface area contributed by atoms with Gasteiger partial charge in [0.15, 0.2) is 0 Å². The minimum absolute atomic E-state index is 0.320. The molecule has 2 aromatic rings. The van der Waals surface area contributed by atoms with Crippen LogP contribution in [0.15, 0.2) is 54.6 Å². The smallest absolute Gasteiger partial charge is 0.123 e. The normalized spacial score (nSPS) is 13.9. The molecule has 2 rings (SSSR count). The molecule has 0 heterocycles. The van der Waals surface area contributed by atoms with E-state index in [-0.39, 0.29) is 5.82 Å². The second kappa shape index (κ2) is 7.17. The Morgan fingerprint density at radius 1 is 1.00 bits per heavy atom. The van der Waals surface area contributed by atoms with Crippen molar-refractivity contribution in [1.82, 2.24) is 5.32 Å². The van der Waals surface area contributed by atoms with E-state index in [4.69, 9.17) is 0 Å². The molecule has 2 nitrogen and oxygen atoms in total. The number of halogens is 1. The van der Waals surface area contributed by atoms with Crippen LogP contribution in [0.1, 0.15) is 30.1 Å². The zero-order valence-electron chi connectivity index (χ0n) is 11.6. The Kier molecular flexibility index (Phi) is 5.27. The van der Waals surface area contributed by atoms with Gasteiger partial charge in [-0.05, 0) is 29.2 Å². The molecule has 0 aliphatic heterocycles. The zero-order chi connectivity index (χ0) is 14.4. The van der Waals surface area contributed by atoms with Crippen molar-refractivity contribution in [2.45, 2.75) is 18.9 Å². The molecule has 106 valence electrons. The number of nitrogens with one attached hydrogen (secondary N) is 1. The predicted octanol–water partition coefficient (Wildman–Crippen LogP) is 3.25. The van der Waals surface area contributed by atoms with E-state index in [0.717, 1.165) is 6.54 Å². The van der Waals surface area contributed by atoms with E-state index in [9.17, 15) is 9.50 Å². The van der Waals surface area contributed by atoms with Crippen molar-refractivity contribution in [1.29, 1.82) is 0 Å². The fraction of sp³-hybridized carbons (Fsp3) is 0.294. The lowest BCUT2D eigenvalue weighted by atomic mass is 10.0. The Morgan fingerprint density at radius 3 is 2.40 bits per heavy atom. The summed E-state index contributed by atoms with van der Waals surface area (Å²) in [6.45, 7) is 3.33. The fourth-order valence-electron chi connectivity index (χ4n) is 2.17. The molecule has 0 fully saturated rings. The van der Waals surface area contributed by atoms with Gasteiger partial charge in [-0.1, -0.05) is 49.4 Å². The van der Waals surface area contributed by atoms with Crippen LogP contribution in [0.25, 0.3) is 0 Å². The summed E-state index contributed by atoms with van der Waals surface area (Å²) >= 11 is 0. The molecule has 0 radical (unpaired) electrons. The van der Waals surface area contributed by atoms with Gasteiger partial charge in [-0.25, -0.2) is 4.39 Å². The molecule has 2 atom stereocenters. The molecule has 0 aliphatic carbocycles. The van der Waals surface area contributed by atoms with Crippen LogP contribution < -0.4 is 5.32 Å². The average molecular weight is 273 g/mol. The van der Waals surface area contributed by atoms with Gasteiger partial charge in [0.25, 0.3) is 0 Å². The lowest BCUT2D eigenvalue weighted by molar-refractivity contribution is 0.174. The van der Waals surface area contributed by atoms with Gasteiger partial charge in [0.1, 0.15) is 5.82 Å². The Morgan fingerprint density at radius 2 is 1.70 bits per heavy atom. The fourth-order valence-corrected chi connectivity index (χ4v) is 2.17. The highest BCUT2D eigenvalue weighted by Gasteiger charge is 2.09. The minimum atomic E-state index is -0.686. The van der Waals surface area contributed by atoms with Gasteiger partial charge in [-0.15, -0.1) is 0 Å². The molecule has 2 N–H and O–H groups in total. The van der Waals surface area contributed by atoms with Crippen LogP contribution >= 0.6 is 0 Å². The molecule has 0 amide bonds. The highest BCUT2D eigenvalue weighted by atomic mass is 19.1. The van der Waals surface area contributed by atoms with Crippen molar-refractivity contribution in [3.8, 4) is 0 Å². The summed E-state index contributed by atoms with van der Waals surface area (Å²) < 4.78 is 13.1. The minimum Gasteiger partial charge on any atom is -0.387 e. The number of benzene rings is 2. The standard InChI is InChI=1S/C17H20FNO/c1-13(14-6-3-2-4-7-14)11-19-12-17(20)15-8-5-9-16(18)10-15/h2-10,13,17,19-20H,11-12H2,1H3. The van der Waals surface area contributed by atoms with Crippen LogP contribution in [0.5, 0.6) is 0 Å². The number of hydrogen-bond donors (Lipinski definition) is 2. The molecule has 20 heavy (non-hydrogen) atoms. The van der Waals surface area contributed by atoms with E-state index in [1.165, 1.54) is 17.7 Å². The average Bonchev–Trinajstić information content (AvgIpc) is 2.48. The lowest BCUT2D eigenvalue weighted by Crippen LogP contribution is -2.25. The third-order valence-corrected chi connectivity index (χ3v) is 3.39. The van der Waals surface area contributed by atoms with Gasteiger partial charge in [0.05, 0.1) is 6.10 Å². The summed E-state index contributed by atoms with van der Waals surface area (Å²) in [7, 11) is 0. The Labute approximate surface area is 119 Å². The summed E-state index contributed by atoms with van der Waals surface area (Å²) in [6.07, 6.45) is -0.686. The second-order valence-electron chi connectivity index (χ2n) is 5.04. The maximum absolute atomic E-state index is 13.1. The molecule has 2 aromatic carbocycles. The molecule has 0 bridgehead atoms. The SMILES string of the molecule is CC(CNCC(O)c1cccc(F)c1)c1ccccc1. The highest BCUT2D eigenvalue weighted by Crippen LogP contribution is 2.15. The van der Waals surface area contributed by atoms with E-state index in [2.05, 4.69) is 24.4 Å². The number of hydrogen-bond acceptors (Lipinski definition) is 2. The van der Waals surface area contributed by atoms with Gasteiger partial charge in [-0.2, -0.15) is 0 Å². The topological polar surface area (TPSA) is 32.3 Å². The molecule has 0 saturated carbocycles. The summed E-state index contributed by atoms with van der Waals surface area (Å²) in [5.74, 6) is 0.0510. The van der Waals surface area contributed by atoms with Crippen LogP contribution in [-0.2, 0) is 0 Å². The van der Waals surface area contributed by atoms with Crippen molar-refractivity contribution in [2.75, 3.05) is 13.1 Å². The van der Waals surface area contributed by atoms with E-state index in [0.29, 0.717) is 18.0 Å². The predicted molar refractivity (Wildman–Crippen MR) is 79.1 cm³/mol. The molecule has 2 unspecified atom stereocenters. The molecule has 0 aliphatic rings. The number of aliphatic hydroxyl groups excluding tert-OH is 1. The van der Waals surface area contributed by atoms with E-state index < -0.39 is 6.10 Å². The molecular weight excluding hydrogens is 253 g/mol. The first-order valence-electron chi connectivity index (χ1n) is 6.86. The second-order valence-corrected chi connectivity index (χ2v) is 5.04.